The topological polar surface area (TPSA) is 66.6 Å². The van der Waals surface area contributed by atoms with Gasteiger partial charge in [-0.2, -0.15) is 0 Å². The maximum atomic E-state index is 11.3. The van der Waals surface area contributed by atoms with Gasteiger partial charge in [0.25, 0.3) is 0 Å². The van der Waals surface area contributed by atoms with E-state index in [2.05, 4.69) is 4.98 Å². The first-order valence-electron chi connectivity index (χ1n) is 5.02. The predicted octanol–water partition coefficient (Wildman–Crippen LogP) is 1.99. The van der Waals surface area contributed by atoms with Crippen molar-refractivity contribution in [1.29, 1.82) is 0 Å². The Balaban J connectivity index is 2.14. The number of carboxylic acid groups (broad SMARTS) is 1. The highest BCUT2D eigenvalue weighted by Gasteiger charge is 2.26. The summed E-state index contributed by atoms with van der Waals surface area (Å²) in [6.45, 7) is 0.500. The van der Waals surface area contributed by atoms with Gasteiger partial charge in [0.1, 0.15) is 11.0 Å². The molecular weight excluding hydrogens is 240 g/mol. The third-order valence-corrected chi connectivity index (χ3v) is 3.17. The molecule has 90 valence electrons. The maximum Gasteiger partial charge on any atom is 0.325 e. The average Bonchev–Trinajstić information content (AvgIpc) is 2.89. The van der Waals surface area contributed by atoms with Crippen LogP contribution in [0.5, 0.6) is 0 Å². The number of hydrogen-bond acceptors (Lipinski definition) is 5. The Morgan fingerprint density at radius 1 is 1.71 bits per heavy atom. The molecule has 2 aromatic rings. The van der Waals surface area contributed by atoms with Crippen molar-refractivity contribution in [2.75, 3.05) is 7.05 Å². The van der Waals surface area contributed by atoms with E-state index in [0.717, 1.165) is 5.01 Å². The van der Waals surface area contributed by atoms with Crippen molar-refractivity contribution >= 4 is 17.3 Å². The number of aliphatic carboxylic acids is 1. The zero-order valence-electron chi connectivity index (χ0n) is 9.24. The molecule has 1 N–H and O–H groups in total. The average molecular weight is 252 g/mol. The number of nitrogens with zero attached hydrogens (tertiary/aromatic N) is 2. The van der Waals surface area contributed by atoms with E-state index in [1.54, 1.807) is 24.2 Å². The summed E-state index contributed by atoms with van der Waals surface area (Å²) in [7, 11) is 1.76. The fourth-order valence-electron chi connectivity index (χ4n) is 1.65. The molecule has 1 atom stereocenters. The minimum Gasteiger partial charge on any atom is -0.480 e. The summed E-state index contributed by atoms with van der Waals surface area (Å²) in [5, 5.41) is 12.0. The molecule has 0 saturated carbocycles. The summed E-state index contributed by atoms with van der Waals surface area (Å²) in [4.78, 5) is 17.1. The van der Waals surface area contributed by atoms with Crippen LogP contribution in [0.4, 0.5) is 0 Å². The van der Waals surface area contributed by atoms with Crippen molar-refractivity contribution in [2.24, 2.45) is 0 Å². The normalized spacial score (nSPS) is 12.8. The van der Waals surface area contributed by atoms with Crippen LogP contribution in [0.25, 0.3) is 0 Å². The van der Waals surface area contributed by atoms with Gasteiger partial charge in [-0.25, -0.2) is 4.98 Å². The molecule has 0 amide bonds. The molecule has 0 aromatic carbocycles. The first kappa shape index (κ1) is 11.8. The number of furan rings is 1. The molecule has 0 bridgehead atoms. The molecule has 2 heterocycles. The molecule has 0 aliphatic carbocycles. The smallest absolute Gasteiger partial charge is 0.325 e. The Hall–Kier alpha value is -1.66. The largest absolute Gasteiger partial charge is 0.480 e. The minimum absolute atomic E-state index is 0.500. The van der Waals surface area contributed by atoms with Crippen molar-refractivity contribution in [2.45, 2.75) is 12.6 Å². The van der Waals surface area contributed by atoms with Crippen molar-refractivity contribution in [3.05, 3.63) is 40.7 Å². The predicted molar refractivity (Wildman–Crippen MR) is 62.7 cm³/mol. The monoisotopic (exact) mass is 252 g/mol. The van der Waals surface area contributed by atoms with Crippen molar-refractivity contribution in [1.82, 2.24) is 9.88 Å². The highest BCUT2D eigenvalue weighted by Crippen LogP contribution is 2.22. The van der Waals surface area contributed by atoms with E-state index in [0.29, 0.717) is 12.1 Å². The molecule has 17 heavy (non-hydrogen) atoms. The second-order valence-electron chi connectivity index (χ2n) is 3.64. The number of likely N-dealkylation sites (N-methyl/N-ethyl adjacent to an activating group) is 1. The fourth-order valence-corrected chi connectivity index (χ4v) is 2.33. The Labute approximate surface area is 102 Å². The number of rotatable bonds is 5. The van der Waals surface area contributed by atoms with Gasteiger partial charge < -0.3 is 9.52 Å². The van der Waals surface area contributed by atoms with Crippen LogP contribution in [-0.2, 0) is 11.3 Å². The molecule has 0 unspecified atom stereocenters. The molecular formula is C11H12N2O3S. The highest BCUT2D eigenvalue weighted by atomic mass is 32.1. The number of aromatic nitrogens is 1. The van der Waals surface area contributed by atoms with Crippen LogP contribution in [0.15, 0.2) is 34.6 Å². The highest BCUT2D eigenvalue weighted by molar-refractivity contribution is 7.09. The van der Waals surface area contributed by atoms with Gasteiger partial charge in [0, 0.05) is 17.1 Å². The number of thiazole rings is 1. The third kappa shape index (κ3) is 2.72. The van der Waals surface area contributed by atoms with E-state index >= 15 is 0 Å². The zero-order valence-corrected chi connectivity index (χ0v) is 10.1. The van der Waals surface area contributed by atoms with Crippen molar-refractivity contribution in [3.63, 3.8) is 0 Å². The summed E-state index contributed by atoms with van der Waals surface area (Å²) in [5.74, 6) is -0.898. The van der Waals surface area contributed by atoms with E-state index in [4.69, 9.17) is 4.42 Å². The van der Waals surface area contributed by atoms with Gasteiger partial charge in [0.05, 0.1) is 19.1 Å². The van der Waals surface area contributed by atoms with Crippen LogP contribution in [0, 0.1) is 0 Å². The van der Waals surface area contributed by atoms with E-state index < -0.39 is 12.0 Å². The quantitative estimate of drug-likeness (QED) is 0.881. The molecule has 2 aromatic heterocycles. The van der Waals surface area contributed by atoms with Gasteiger partial charge in [-0.1, -0.05) is 0 Å². The van der Waals surface area contributed by atoms with E-state index in [9.17, 15) is 9.90 Å². The lowest BCUT2D eigenvalue weighted by Gasteiger charge is -2.22. The Morgan fingerprint density at radius 3 is 3.06 bits per heavy atom. The first-order valence-corrected chi connectivity index (χ1v) is 5.90. The van der Waals surface area contributed by atoms with Crippen molar-refractivity contribution < 1.29 is 14.3 Å². The number of carbonyl (C=O) groups is 1. The summed E-state index contributed by atoms with van der Waals surface area (Å²) < 4.78 is 4.93. The Bertz CT molecular complexity index is 467. The Kier molecular flexibility index (Phi) is 3.55. The van der Waals surface area contributed by atoms with E-state index in [-0.39, 0.29) is 0 Å². The maximum absolute atomic E-state index is 11.3. The minimum atomic E-state index is -0.898. The van der Waals surface area contributed by atoms with Gasteiger partial charge >= 0.3 is 5.97 Å². The molecule has 6 heteroatoms. The summed E-state index contributed by atoms with van der Waals surface area (Å²) in [6.07, 6.45) is 4.64. The lowest BCUT2D eigenvalue weighted by molar-refractivity contribution is -0.143. The number of hydrogen-bond donors (Lipinski definition) is 1. The molecule has 0 saturated heterocycles. The Morgan fingerprint density at radius 2 is 2.53 bits per heavy atom. The SMILES string of the molecule is CN(Cc1nccs1)[C@H](C(=O)O)c1ccoc1. The van der Waals surface area contributed by atoms with Gasteiger partial charge in [0.15, 0.2) is 0 Å². The van der Waals surface area contributed by atoms with Crippen LogP contribution in [-0.4, -0.2) is 28.0 Å². The second-order valence-corrected chi connectivity index (χ2v) is 4.62. The molecule has 0 aliphatic heterocycles. The molecule has 0 fully saturated rings. The summed E-state index contributed by atoms with van der Waals surface area (Å²) in [6, 6.07) is 0.953. The third-order valence-electron chi connectivity index (χ3n) is 2.40. The summed E-state index contributed by atoms with van der Waals surface area (Å²) in [5.41, 5.74) is 0.636. The zero-order chi connectivity index (χ0) is 12.3. The van der Waals surface area contributed by atoms with Gasteiger partial charge in [-0.15, -0.1) is 11.3 Å². The van der Waals surface area contributed by atoms with Gasteiger partial charge in [-0.3, -0.25) is 9.69 Å². The molecule has 5 nitrogen and oxygen atoms in total. The lowest BCUT2D eigenvalue weighted by Crippen LogP contribution is -2.30. The van der Waals surface area contributed by atoms with Crippen LogP contribution >= 0.6 is 11.3 Å². The van der Waals surface area contributed by atoms with E-state index in [1.165, 1.54) is 23.9 Å². The molecule has 2 rings (SSSR count). The van der Waals surface area contributed by atoms with Gasteiger partial charge in [-0.05, 0) is 13.1 Å². The lowest BCUT2D eigenvalue weighted by atomic mass is 10.1. The van der Waals surface area contributed by atoms with Crippen LogP contribution < -0.4 is 0 Å². The van der Waals surface area contributed by atoms with Gasteiger partial charge in [0.2, 0.25) is 0 Å². The second kappa shape index (κ2) is 5.11. The van der Waals surface area contributed by atoms with Crippen LogP contribution in [0.1, 0.15) is 16.6 Å². The molecule has 0 spiro atoms. The fraction of sp³-hybridized carbons (Fsp3) is 0.273. The van der Waals surface area contributed by atoms with Crippen LogP contribution in [0.2, 0.25) is 0 Å². The number of carboxylic acids is 1. The standard InChI is InChI=1S/C11H12N2O3S/c1-13(6-9-12-3-5-17-9)10(11(14)15)8-2-4-16-7-8/h2-5,7,10H,6H2,1H3,(H,14,15)/t10-/m0/s1. The van der Waals surface area contributed by atoms with E-state index in [1.807, 2.05) is 5.38 Å². The van der Waals surface area contributed by atoms with Crippen LogP contribution in [0.3, 0.4) is 0 Å². The first-order chi connectivity index (χ1) is 8.18. The summed E-state index contributed by atoms with van der Waals surface area (Å²) >= 11 is 1.51. The molecule has 0 aliphatic rings. The van der Waals surface area contributed by atoms with Crippen molar-refractivity contribution in [3.8, 4) is 0 Å². The molecule has 0 radical (unpaired) electrons.